The van der Waals surface area contributed by atoms with Gasteiger partial charge in [-0.05, 0) is 66.7 Å². The van der Waals surface area contributed by atoms with Crippen molar-refractivity contribution in [1.29, 1.82) is 0 Å². The molecule has 0 fully saturated rings. The maximum absolute atomic E-state index is 10.9. The molecule has 0 bridgehead atoms. The van der Waals surface area contributed by atoms with Crippen molar-refractivity contribution in [2.24, 2.45) is 0 Å². The monoisotopic (exact) mass is 278 g/mol. The third-order valence-corrected chi connectivity index (χ3v) is 3.28. The number of aliphatic hydroxyl groups excluding tert-OH is 1. The van der Waals surface area contributed by atoms with Crippen LogP contribution in [-0.2, 0) is 4.79 Å². The minimum absolute atomic E-state index is 0.163. The van der Waals surface area contributed by atoms with Crippen molar-refractivity contribution in [3.05, 3.63) is 34.9 Å². The molecule has 0 spiro atoms. The molecule has 0 saturated heterocycles. The lowest BCUT2D eigenvalue weighted by molar-refractivity contribution is -0.124. The number of aliphatic hydroxyl groups is 1. The van der Waals surface area contributed by atoms with Crippen LogP contribution in [-0.4, -0.2) is 17.0 Å². The van der Waals surface area contributed by atoms with Crippen LogP contribution in [0.2, 0.25) is 0 Å². The smallest absolute Gasteiger partial charge is 0.158 e. The molecule has 2 nitrogen and oxygen atoms in total. The number of hydrogen-bond donors (Lipinski definition) is 1. The Hall–Kier alpha value is -1.15. The Labute approximate surface area is 124 Å². The lowest BCUT2D eigenvalue weighted by Gasteiger charge is -2.04. The van der Waals surface area contributed by atoms with Crippen molar-refractivity contribution >= 4 is 5.78 Å². The summed E-state index contributed by atoms with van der Waals surface area (Å²) >= 11 is 0. The van der Waals surface area contributed by atoms with E-state index in [1.54, 1.807) is 0 Å². The van der Waals surface area contributed by atoms with Crippen molar-refractivity contribution in [1.82, 2.24) is 0 Å². The summed E-state index contributed by atoms with van der Waals surface area (Å²) in [6.45, 7) is 9.91. The Morgan fingerprint density at radius 2 is 1.40 bits per heavy atom. The SMILES string of the molecule is CC(=O)C(O)CC=C(C)CCC=C(C)CCC=C(C)C. The highest BCUT2D eigenvalue weighted by Crippen LogP contribution is 2.12. The molecule has 1 atom stereocenters. The van der Waals surface area contributed by atoms with Gasteiger partial charge in [0.15, 0.2) is 5.78 Å². The zero-order valence-electron chi connectivity index (χ0n) is 13.7. The van der Waals surface area contributed by atoms with E-state index in [9.17, 15) is 9.90 Å². The van der Waals surface area contributed by atoms with Gasteiger partial charge in [-0.15, -0.1) is 0 Å². The number of ketones is 1. The van der Waals surface area contributed by atoms with Crippen LogP contribution in [0.1, 0.15) is 66.7 Å². The predicted molar refractivity (Wildman–Crippen MR) is 86.7 cm³/mol. The third kappa shape index (κ3) is 10.7. The molecule has 1 unspecified atom stereocenters. The molecule has 0 aliphatic heterocycles. The molecule has 0 heterocycles. The average Bonchev–Trinajstić information content (AvgIpc) is 2.35. The first-order valence-electron chi connectivity index (χ1n) is 7.46. The number of Topliss-reactive ketones (excluding diaryl/α,β-unsaturated/α-hetero) is 1. The van der Waals surface area contributed by atoms with Crippen LogP contribution in [0.25, 0.3) is 0 Å². The fraction of sp³-hybridized carbons (Fsp3) is 0.611. The lowest BCUT2D eigenvalue weighted by Crippen LogP contribution is -2.15. The van der Waals surface area contributed by atoms with E-state index in [-0.39, 0.29) is 5.78 Å². The number of carbonyl (C=O) groups is 1. The van der Waals surface area contributed by atoms with E-state index in [0.29, 0.717) is 6.42 Å². The van der Waals surface area contributed by atoms with Gasteiger partial charge in [0, 0.05) is 0 Å². The molecule has 0 aromatic rings. The van der Waals surface area contributed by atoms with E-state index in [1.807, 2.05) is 6.08 Å². The summed E-state index contributed by atoms with van der Waals surface area (Å²) in [6, 6.07) is 0. The summed E-state index contributed by atoms with van der Waals surface area (Å²) in [5.74, 6) is -0.163. The fourth-order valence-electron chi connectivity index (χ4n) is 1.82. The first-order valence-corrected chi connectivity index (χ1v) is 7.46. The van der Waals surface area contributed by atoms with Gasteiger partial charge in [-0.3, -0.25) is 4.79 Å². The summed E-state index contributed by atoms with van der Waals surface area (Å²) in [5, 5.41) is 9.42. The molecule has 0 radical (unpaired) electrons. The molecular weight excluding hydrogens is 248 g/mol. The Morgan fingerprint density at radius 1 is 0.900 bits per heavy atom. The number of rotatable bonds is 9. The van der Waals surface area contributed by atoms with E-state index in [4.69, 9.17) is 0 Å². The fourth-order valence-corrected chi connectivity index (χ4v) is 1.82. The Balaban J connectivity index is 3.99. The van der Waals surface area contributed by atoms with Gasteiger partial charge in [-0.1, -0.05) is 34.9 Å². The molecule has 0 saturated carbocycles. The molecule has 0 aromatic carbocycles. The van der Waals surface area contributed by atoms with E-state index in [1.165, 1.54) is 23.6 Å². The molecular formula is C18H30O2. The van der Waals surface area contributed by atoms with Crippen molar-refractivity contribution in [3.8, 4) is 0 Å². The van der Waals surface area contributed by atoms with Crippen LogP contribution >= 0.6 is 0 Å². The quantitative estimate of drug-likeness (QED) is 0.618. The largest absolute Gasteiger partial charge is 0.385 e. The minimum Gasteiger partial charge on any atom is -0.385 e. The average molecular weight is 278 g/mol. The highest BCUT2D eigenvalue weighted by Gasteiger charge is 2.06. The molecule has 0 aliphatic carbocycles. The number of hydrogen-bond acceptors (Lipinski definition) is 2. The third-order valence-electron chi connectivity index (χ3n) is 3.28. The summed E-state index contributed by atoms with van der Waals surface area (Å²) in [5.41, 5.74) is 4.04. The van der Waals surface area contributed by atoms with Gasteiger partial charge >= 0.3 is 0 Å². The second-order valence-corrected chi connectivity index (χ2v) is 5.82. The molecule has 0 aromatic heterocycles. The van der Waals surface area contributed by atoms with Crippen molar-refractivity contribution in [2.45, 2.75) is 72.8 Å². The second kappa shape index (κ2) is 10.6. The molecule has 114 valence electrons. The predicted octanol–water partition coefficient (Wildman–Crippen LogP) is 4.75. The maximum atomic E-state index is 10.9. The van der Waals surface area contributed by atoms with Gasteiger partial charge in [0.25, 0.3) is 0 Å². The summed E-state index contributed by atoms with van der Waals surface area (Å²) in [7, 11) is 0. The van der Waals surface area contributed by atoms with E-state index in [2.05, 4.69) is 39.8 Å². The maximum Gasteiger partial charge on any atom is 0.158 e. The van der Waals surface area contributed by atoms with Crippen LogP contribution in [0, 0.1) is 0 Å². The van der Waals surface area contributed by atoms with E-state index in [0.717, 1.165) is 25.7 Å². The second-order valence-electron chi connectivity index (χ2n) is 5.82. The highest BCUT2D eigenvalue weighted by atomic mass is 16.3. The molecule has 0 amide bonds. The molecule has 20 heavy (non-hydrogen) atoms. The van der Waals surface area contributed by atoms with Gasteiger partial charge < -0.3 is 5.11 Å². The standard InChI is InChI=1S/C18H30O2/c1-14(2)8-6-9-15(3)10-7-11-16(4)12-13-18(20)17(5)19/h8,10,12,18,20H,6-7,9,11,13H2,1-5H3. The van der Waals surface area contributed by atoms with E-state index >= 15 is 0 Å². The molecule has 1 N–H and O–H groups in total. The van der Waals surface area contributed by atoms with Crippen LogP contribution < -0.4 is 0 Å². The van der Waals surface area contributed by atoms with Gasteiger partial charge in [-0.2, -0.15) is 0 Å². The van der Waals surface area contributed by atoms with Crippen LogP contribution in [0.5, 0.6) is 0 Å². The van der Waals surface area contributed by atoms with Gasteiger partial charge in [0.05, 0.1) is 0 Å². The lowest BCUT2D eigenvalue weighted by atomic mass is 10.0. The van der Waals surface area contributed by atoms with Crippen molar-refractivity contribution < 1.29 is 9.90 Å². The first kappa shape index (κ1) is 18.9. The summed E-state index contributed by atoms with van der Waals surface area (Å²) in [6.07, 6.45) is 10.4. The van der Waals surface area contributed by atoms with Crippen LogP contribution in [0.3, 0.4) is 0 Å². The van der Waals surface area contributed by atoms with E-state index < -0.39 is 6.10 Å². The summed E-state index contributed by atoms with van der Waals surface area (Å²) in [4.78, 5) is 10.9. The Kier molecular flexibility index (Phi) is 10.0. The van der Waals surface area contributed by atoms with Crippen molar-refractivity contribution in [2.75, 3.05) is 0 Å². The number of carbonyl (C=O) groups excluding carboxylic acids is 1. The van der Waals surface area contributed by atoms with Crippen LogP contribution in [0.15, 0.2) is 34.9 Å². The topological polar surface area (TPSA) is 37.3 Å². The van der Waals surface area contributed by atoms with Crippen molar-refractivity contribution in [3.63, 3.8) is 0 Å². The zero-order valence-corrected chi connectivity index (χ0v) is 13.7. The van der Waals surface area contributed by atoms with Gasteiger partial charge in [-0.25, -0.2) is 0 Å². The number of allylic oxidation sites excluding steroid dienone is 5. The Bertz CT molecular complexity index is 382. The molecule has 0 aliphatic rings. The molecule has 2 heteroatoms. The zero-order chi connectivity index (χ0) is 15.5. The highest BCUT2D eigenvalue weighted by molar-refractivity contribution is 5.80. The van der Waals surface area contributed by atoms with Gasteiger partial charge in [0.1, 0.15) is 6.10 Å². The molecule has 0 rings (SSSR count). The summed E-state index contributed by atoms with van der Waals surface area (Å²) < 4.78 is 0. The van der Waals surface area contributed by atoms with Gasteiger partial charge in [0.2, 0.25) is 0 Å². The minimum atomic E-state index is -0.841. The Morgan fingerprint density at radius 3 is 1.90 bits per heavy atom. The van der Waals surface area contributed by atoms with Crippen LogP contribution in [0.4, 0.5) is 0 Å². The normalized spacial score (nSPS) is 14.1. The first-order chi connectivity index (χ1) is 9.32.